The molecule has 1 aliphatic heterocycles. The lowest BCUT2D eigenvalue weighted by atomic mass is 10.1. The molecule has 0 spiro atoms. The number of ether oxygens (including phenoxy) is 2. The predicted octanol–water partition coefficient (Wildman–Crippen LogP) is 4.67. The zero-order chi connectivity index (χ0) is 21.8. The summed E-state index contributed by atoms with van der Waals surface area (Å²) in [5.74, 6) is -0.709. The molecule has 156 valence electrons. The molecule has 1 amide bonds. The maximum atomic E-state index is 13.2. The van der Waals surface area contributed by atoms with Gasteiger partial charge < -0.3 is 14.6 Å². The molecule has 1 N–H and O–H groups in total. The van der Waals surface area contributed by atoms with Gasteiger partial charge in [-0.3, -0.25) is 9.69 Å². The molecular formula is C21H18BrNO5S2. The molecule has 0 bridgehead atoms. The lowest BCUT2D eigenvalue weighted by Gasteiger charge is -2.25. The second-order valence-electron chi connectivity index (χ2n) is 6.17. The highest BCUT2D eigenvalue weighted by Gasteiger charge is 2.42. The number of benzene rings is 2. The number of methoxy groups -OCH3 is 1. The van der Waals surface area contributed by atoms with Crippen molar-refractivity contribution in [2.45, 2.75) is 13.0 Å². The van der Waals surface area contributed by atoms with Crippen LogP contribution < -0.4 is 4.74 Å². The number of aromatic hydroxyl groups is 1. The van der Waals surface area contributed by atoms with Crippen molar-refractivity contribution in [3.63, 3.8) is 0 Å². The monoisotopic (exact) mass is 507 g/mol. The molecule has 1 unspecified atom stereocenters. The minimum absolute atomic E-state index is 0.0337. The molecule has 0 aromatic heterocycles. The molecule has 30 heavy (non-hydrogen) atoms. The number of thioether (sulfide) groups is 1. The van der Waals surface area contributed by atoms with Crippen molar-refractivity contribution in [1.29, 1.82) is 0 Å². The van der Waals surface area contributed by atoms with E-state index in [2.05, 4.69) is 15.9 Å². The molecule has 0 radical (unpaired) electrons. The lowest BCUT2D eigenvalue weighted by Crippen LogP contribution is -2.38. The first-order valence-corrected chi connectivity index (χ1v) is 10.9. The van der Waals surface area contributed by atoms with E-state index in [1.165, 1.54) is 12.0 Å². The number of rotatable bonds is 6. The number of phenolic OH excluding ortho intramolecular Hbond substituents is 1. The number of thiocarbonyl (C=S) groups is 1. The van der Waals surface area contributed by atoms with Gasteiger partial charge in [0.25, 0.3) is 5.91 Å². The highest BCUT2D eigenvalue weighted by molar-refractivity contribution is 9.10. The first-order valence-electron chi connectivity index (χ1n) is 8.92. The first kappa shape index (κ1) is 22.3. The minimum atomic E-state index is -0.967. The maximum absolute atomic E-state index is 13.2. The van der Waals surface area contributed by atoms with Crippen LogP contribution in [0.2, 0.25) is 0 Å². The summed E-state index contributed by atoms with van der Waals surface area (Å²) in [6.45, 7) is 1.90. The smallest absolute Gasteiger partial charge is 0.333 e. The number of halogens is 1. The molecule has 1 heterocycles. The summed E-state index contributed by atoms with van der Waals surface area (Å²) in [4.78, 5) is 27.5. The van der Waals surface area contributed by atoms with Crippen LogP contribution in [0.5, 0.6) is 11.5 Å². The zero-order valence-corrected chi connectivity index (χ0v) is 19.3. The standard InChI is InChI=1S/C21H18BrNO5S2/c1-3-28-20(26)17(13-7-5-4-6-8-13)23-19(25)16(30-21(23)29)11-12-9-14(22)18(24)15(10-12)27-2/h4-11,17,24H,3H2,1-2H3/b16-11-. The number of carbonyl (C=O) groups is 2. The molecule has 1 fully saturated rings. The van der Waals surface area contributed by atoms with Crippen molar-refractivity contribution in [1.82, 2.24) is 4.90 Å². The van der Waals surface area contributed by atoms with E-state index < -0.39 is 17.9 Å². The fourth-order valence-corrected chi connectivity index (χ4v) is 4.71. The third-order valence-electron chi connectivity index (χ3n) is 4.28. The summed E-state index contributed by atoms with van der Waals surface area (Å²) in [5, 5.41) is 9.98. The van der Waals surface area contributed by atoms with E-state index in [0.717, 1.165) is 11.8 Å². The van der Waals surface area contributed by atoms with Gasteiger partial charge in [0.2, 0.25) is 0 Å². The average molecular weight is 508 g/mol. The van der Waals surface area contributed by atoms with Gasteiger partial charge in [0.15, 0.2) is 17.5 Å². The van der Waals surface area contributed by atoms with Crippen molar-refractivity contribution in [3.05, 3.63) is 63.0 Å². The second kappa shape index (κ2) is 9.63. The largest absolute Gasteiger partial charge is 0.503 e. The van der Waals surface area contributed by atoms with Crippen LogP contribution in [0.3, 0.4) is 0 Å². The lowest BCUT2D eigenvalue weighted by molar-refractivity contribution is -0.151. The van der Waals surface area contributed by atoms with E-state index in [4.69, 9.17) is 21.7 Å². The Morgan fingerprint density at radius 1 is 1.33 bits per heavy atom. The van der Waals surface area contributed by atoms with E-state index in [-0.39, 0.29) is 22.4 Å². The van der Waals surface area contributed by atoms with Crippen molar-refractivity contribution >= 4 is 62.2 Å². The first-order chi connectivity index (χ1) is 14.4. The fourth-order valence-electron chi connectivity index (χ4n) is 2.93. The summed E-state index contributed by atoms with van der Waals surface area (Å²) < 4.78 is 11.1. The van der Waals surface area contributed by atoms with Gasteiger partial charge in [-0.05, 0) is 52.2 Å². The molecular weight excluding hydrogens is 490 g/mol. The van der Waals surface area contributed by atoms with Crippen LogP contribution in [-0.4, -0.2) is 39.9 Å². The van der Waals surface area contributed by atoms with Gasteiger partial charge in [0, 0.05) is 0 Å². The number of nitrogens with zero attached hydrogens (tertiary/aromatic N) is 1. The molecule has 0 saturated carbocycles. The Kier molecular flexibility index (Phi) is 7.17. The SMILES string of the molecule is CCOC(=O)C(c1ccccc1)N1C(=O)/C(=C/c2cc(Br)c(O)c(OC)c2)SC1=S. The molecule has 2 aromatic rings. The van der Waals surface area contributed by atoms with E-state index in [1.807, 2.05) is 6.07 Å². The van der Waals surface area contributed by atoms with Crippen molar-refractivity contribution in [2.75, 3.05) is 13.7 Å². The second-order valence-corrected chi connectivity index (χ2v) is 8.70. The average Bonchev–Trinajstić information content (AvgIpc) is 2.99. The Labute approximate surface area is 192 Å². The quantitative estimate of drug-likeness (QED) is 0.345. The fraction of sp³-hybridized carbons (Fsp3) is 0.190. The number of hydrogen-bond donors (Lipinski definition) is 1. The Morgan fingerprint density at radius 2 is 2.03 bits per heavy atom. The Hall–Kier alpha value is -2.36. The van der Waals surface area contributed by atoms with Crippen molar-refractivity contribution in [3.8, 4) is 11.5 Å². The third kappa shape index (κ3) is 4.53. The van der Waals surface area contributed by atoms with Gasteiger partial charge in [-0.1, -0.05) is 54.3 Å². The van der Waals surface area contributed by atoms with Crippen LogP contribution in [0, 0.1) is 0 Å². The highest BCUT2D eigenvalue weighted by atomic mass is 79.9. The third-order valence-corrected chi connectivity index (χ3v) is 6.21. The summed E-state index contributed by atoms with van der Waals surface area (Å²) in [6, 6.07) is 11.2. The van der Waals surface area contributed by atoms with Gasteiger partial charge in [0.05, 0.1) is 23.1 Å². The van der Waals surface area contributed by atoms with Crippen LogP contribution in [-0.2, 0) is 14.3 Å². The van der Waals surface area contributed by atoms with Gasteiger partial charge in [0.1, 0.15) is 4.32 Å². The number of esters is 1. The van der Waals surface area contributed by atoms with Gasteiger partial charge in [-0.2, -0.15) is 0 Å². The summed E-state index contributed by atoms with van der Waals surface area (Å²) >= 11 is 9.80. The van der Waals surface area contributed by atoms with Crippen LogP contribution in [0.25, 0.3) is 6.08 Å². The van der Waals surface area contributed by atoms with Crippen LogP contribution in [0.4, 0.5) is 0 Å². The molecule has 1 atom stereocenters. The molecule has 0 aliphatic carbocycles. The van der Waals surface area contributed by atoms with Gasteiger partial charge in [-0.25, -0.2) is 4.79 Å². The molecule has 1 aliphatic rings. The summed E-state index contributed by atoms with van der Waals surface area (Å²) in [6.07, 6.45) is 1.64. The summed E-state index contributed by atoms with van der Waals surface area (Å²) in [5.41, 5.74) is 1.24. The maximum Gasteiger partial charge on any atom is 0.333 e. The van der Waals surface area contributed by atoms with Crippen molar-refractivity contribution in [2.24, 2.45) is 0 Å². The number of phenols is 1. The van der Waals surface area contributed by atoms with Crippen LogP contribution >= 0.6 is 39.9 Å². The number of carbonyl (C=O) groups excluding carboxylic acids is 2. The molecule has 1 saturated heterocycles. The normalized spacial score (nSPS) is 16.1. The summed E-state index contributed by atoms with van der Waals surface area (Å²) in [7, 11) is 1.44. The van der Waals surface area contributed by atoms with Gasteiger partial charge in [-0.15, -0.1) is 0 Å². The molecule has 2 aromatic carbocycles. The molecule has 6 nitrogen and oxygen atoms in total. The van der Waals surface area contributed by atoms with E-state index in [0.29, 0.717) is 20.5 Å². The van der Waals surface area contributed by atoms with Crippen LogP contribution in [0.1, 0.15) is 24.1 Å². The Bertz CT molecular complexity index is 1030. The predicted molar refractivity (Wildman–Crippen MR) is 123 cm³/mol. The Morgan fingerprint density at radius 3 is 2.67 bits per heavy atom. The molecule has 9 heteroatoms. The van der Waals surface area contributed by atoms with E-state index in [9.17, 15) is 14.7 Å². The zero-order valence-electron chi connectivity index (χ0n) is 16.1. The molecule has 3 rings (SSSR count). The highest BCUT2D eigenvalue weighted by Crippen LogP contribution is 2.40. The minimum Gasteiger partial charge on any atom is -0.503 e. The Balaban J connectivity index is 1.99. The topological polar surface area (TPSA) is 76.1 Å². The van der Waals surface area contributed by atoms with E-state index in [1.54, 1.807) is 49.4 Å². The van der Waals surface area contributed by atoms with E-state index >= 15 is 0 Å². The number of hydrogen-bond acceptors (Lipinski definition) is 7. The number of amides is 1. The van der Waals surface area contributed by atoms with Gasteiger partial charge >= 0.3 is 5.97 Å². The van der Waals surface area contributed by atoms with Crippen molar-refractivity contribution < 1.29 is 24.2 Å². The van der Waals surface area contributed by atoms with Crippen LogP contribution in [0.15, 0.2) is 51.8 Å².